The second-order valence-corrected chi connectivity index (χ2v) is 8.85. The molecule has 164 valence electrons. The van der Waals surface area contributed by atoms with Crippen LogP contribution in [0.25, 0.3) is 23.1 Å². The molecule has 1 heterocycles. The van der Waals surface area contributed by atoms with Crippen molar-refractivity contribution in [3.8, 4) is 17.2 Å². The van der Waals surface area contributed by atoms with Crippen molar-refractivity contribution in [3.63, 3.8) is 0 Å². The van der Waals surface area contributed by atoms with E-state index >= 15 is 0 Å². The Morgan fingerprint density at radius 2 is 1.41 bits per heavy atom. The molecule has 0 aliphatic rings. The van der Waals surface area contributed by atoms with Crippen LogP contribution >= 0.6 is 0 Å². The average Bonchev–Trinajstić information content (AvgIpc) is 3.26. The van der Waals surface area contributed by atoms with Gasteiger partial charge in [0.05, 0.1) is 31.7 Å². The lowest BCUT2D eigenvalue weighted by molar-refractivity contribution is 0.324. The molecule has 6 nitrogen and oxygen atoms in total. The molecule has 0 N–H and O–H groups in total. The highest BCUT2D eigenvalue weighted by molar-refractivity contribution is 7.90. The normalized spacial score (nSPS) is 11.7. The van der Waals surface area contributed by atoms with Crippen LogP contribution in [0.4, 0.5) is 0 Å². The molecule has 1 aromatic heterocycles. The maximum atomic E-state index is 13.0. The molecular weight excluding hydrogens is 426 g/mol. The number of nitrogens with zero attached hydrogens (tertiary/aromatic N) is 1. The van der Waals surface area contributed by atoms with Gasteiger partial charge in [-0.3, -0.25) is 0 Å². The fourth-order valence-corrected chi connectivity index (χ4v) is 4.92. The average molecular weight is 450 g/mol. The van der Waals surface area contributed by atoms with Crippen LogP contribution in [0.5, 0.6) is 17.2 Å². The van der Waals surface area contributed by atoms with E-state index in [0.29, 0.717) is 22.8 Å². The Balaban J connectivity index is 1.67. The Morgan fingerprint density at radius 1 is 0.750 bits per heavy atom. The van der Waals surface area contributed by atoms with Gasteiger partial charge in [0.25, 0.3) is 10.0 Å². The van der Waals surface area contributed by atoms with E-state index in [1.165, 1.54) is 3.97 Å². The second-order valence-electron chi connectivity index (χ2n) is 7.04. The van der Waals surface area contributed by atoms with E-state index in [2.05, 4.69) is 0 Å². The lowest BCUT2D eigenvalue weighted by Gasteiger charge is -2.12. The lowest BCUT2D eigenvalue weighted by Crippen LogP contribution is -2.11. The van der Waals surface area contributed by atoms with Gasteiger partial charge in [-0.15, -0.1) is 0 Å². The van der Waals surface area contributed by atoms with Gasteiger partial charge >= 0.3 is 0 Å². The summed E-state index contributed by atoms with van der Waals surface area (Å²) >= 11 is 0. The van der Waals surface area contributed by atoms with Crippen molar-refractivity contribution >= 4 is 33.1 Å². The minimum Gasteiger partial charge on any atom is -0.493 e. The van der Waals surface area contributed by atoms with Gasteiger partial charge < -0.3 is 14.2 Å². The first-order valence-electron chi connectivity index (χ1n) is 9.88. The molecule has 32 heavy (non-hydrogen) atoms. The molecule has 0 unspecified atom stereocenters. The van der Waals surface area contributed by atoms with Crippen LogP contribution in [0.1, 0.15) is 11.1 Å². The summed E-state index contributed by atoms with van der Waals surface area (Å²) < 4.78 is 43.5. The molecule has 0 aliphatic heterocycles. The standard InChI is InChI=1S/C25H23NO5S/c1-29-23-16-19(17-24(30-2)25(23)31-3)10-9-18-11-12-22-20(15-18)13-14-26(22)32(27,28)21-7-5-4-6-8-21/h4-17H,1-3H3/b10-9-. The molecule has 0 bridgehead atoms. The van der Waals surface area contributed by atoms with E-state index in [-0.39, 0.29) is 4.90 Å². The van der Waals surface area contributed by atoms with Crippen molar-refractivity contribution in [1.82, 2.24) is 3.97 Å². The van der Waals surface area contributed by atoms with Gasteiger partial charge in [0.15, 0.2) is 11.5 Å². The van der Waals surface area contributed by atoms with Crippen molar-refractivity contribution in [1.29, 1.82) is 0 Å². The number of methoxy groups -OCH3 is 3. The number of hydrogen-bond donors (Lipinski definition) is 0. The highest BCUT2D eigenvalue weighted by Crippen LogP contribution is 2.38. The summed E-state index contributed by atoms with van der Waals surface area (Å²) in [7, 11) is 1.06. The third-order valence-corrected chi connectivity index (χ3v) is 6.84. The highest BCUT2D eigenvalue weighted by atomic mass is 32.2. The molecule has 0 atom stereocenters. The Bertz CT molecular complexity index is 1360. The van der Waals surface area contributed by atoms with Crippen molar-refractivity contribution in [2.24, 2.45) is 0 Å². The smallest absolute Gasteiger partial charge is 0.268 e. The summed E-state index contributed by atoms with van der Waals surface area (Å²) in [6, 6.07) is 19.6. The monoisotopic (exact) mass is 449 g/mol. The van der Waals surface area contributed by atoms with Crippen LogP contribution in [0.2, 0.25) is 0 Å². The first-order chi connectivity index (χ1) is 15.5. The lowest BCUT2D eigenvalue weighted by atomic mass is 10.1. The van der Waals surface area contributed by atoms with E-state index in [4.69, 9.17) is 14.2 Å². The van der Waals surface area contributed by atoms with Crippen molar-refractivity contribution < 1.29 is 22.6 Å². The molecule has 0 spiro atoms. The SMILES string of the molecule is COc1cc(/C=C\c2ccc3c(ccn3S(=O)(=O)c3ccccc3)c2)cc(OC)c1OC. The molecule has 0 fully saturated rings. The zero-order valence-corrected chi connectivity index (χ0v) is 18.8. The van der Waals surface area contributed by atoms with Gasteiger partial charge in [0.1, 0.15) is 0 Å². The minimum atomic E-state index is -3.65. The van der Waals surface area contributed by atoms with Crippen molar-refractivity contribution in [2.75, 3.05) is 21.3 Å². The largest absolute Gasteiger partial charge is 0.493 e. The summed E-state index contributed by atoms with van der Waals surface area (Å²) in [5.74, 6) is 1.69. The second kappa shape index (κ2) is 8.80. The number of ether oxygens (including phenoxy) is 3. The number of fused-ring (bicyclic) bond motifs is 1. The topological polar surface area (TPSA) is 66.8 Å². The molecular formula is C25H23NO5S. The van der Waals surface area contributed by atoms with Gasteiger partial charge in [0.2, 0.25) is 5.75 Å². The van der Waals surface area contributed by atoms with Gasteiger partial charge in [-0.25, -0.2) is 12.4 Å². The van der Waals surface area contributed by atoms with Crippen LogP contribution in [0.3, 0.4) is 0 Å². The van der Waals surface area contributed by atoms with Crippen molar-refractivity contribution in [2.45, 2.75) is 4.90 Å². The number of aromatic nitrogens is 1. The third-order valence-electron chi connectivity index (χ3n) is 5.13. The van der Waals surface area contributed by atoms with Crippen LogP contribution in [0.15, 0.2) is 77.8 Å². The minimum absolute atomic E-state index is 0.254. The maximum absolute atomic E-state index is 13.0. The maximum Gasteiger partial charge on any atom is 0.268 e. The Morgan fingerprint density at radius 3 is 2.03 bits per heavy atom. The van der Waals surface area contributed by atoms with Crippen LogP contribution in [-0.4, -0.2) is 33.7 Å². The summed E-state index contributed by atoms with van der Waals surface area (Å²) in [6.07, 6.45) is 5.46. The Hall–Kier alpha value is -3.71. The Labute approximate surface area is 187 Å². The molecule has 0 amide bonds. The summed E-state index contributed by atoms with van der Waals surface area (Å²) in [6.45, 7) is 0. The fourth-order valence-electron chi connectivity index (χ4n) is 3.54. The van der Waals surface area contributed by atoms with Crippen LogP contribution in [0, 0.1) is 0 Å². The summed E-state index contributed by atoms with van der Waals surface area (Å²) in [5, 5.41) is 0.830. The first kappa shape index (κ1) is 21.5. The number of rotatable bonds is 7. The number of benzene rings is 3. The molecule has 0 radical (unpaired) electrons. The van der Waals surface area contributed by atoms with E-state index in [1.807, 2.05) is 42.5 Å². The molecule has 0 saturated heterocycles. The van der Waals surface area contributed by atoms with Gasteiger partial charge in [-0.2, -0.15) is 0 Å². The van der Waals surface area contributed by atoms with Crippen molar-refractivity contribution in [3.05, 3.63) is 84.1 Å². The predicted molar refractivity (Wildman–Crippen MR) is 126 cm³/mol. The van der Waals surface area contributed by atoms with E-state index in [1.54, 1.807) is 63.9 Å². The summed E-state index contributed by atoms with van der Waals surface area (Å²) in [5.41, 5.74) is 2.43. The number of hydrogen-bond acceptors (Lipinski definition) is 5. The molecule has 4 aromatic rings. The quantitative estimate of drug-likeness (QED) is 0.368. The van der Waals surface area contributed by atoms with Crippen LogP contribution in [-0.2, 0) is 10.0 Å². The van der Waals surface area contributed by atoms with Gasteiger partial charge in [0, 0.05) is 11.6 Å². The third kappa shape index (κ3) is 3.94. The van der Waals surface area contributed by atoms with E-state index in [9.17, 15) is 8.42 Å². The first-order valence-corrected chi connectivity index (χ1v) is 11.3. The molecule has 7 heteroatoms. The predicted octanol–water partition coefficient (Wildman–Crippen LogP) is 5.07. The van der Waals surface area contributed by atoms with Gasteiger partial charge in [-0.1, -0.05) is 36.4 Å². The Kier molecular flexibility index (Phi) is 5.92. The molecule has 0 aliphatic carbocycles. The summed E-state index contributed by atoms with van der Waals surface area (Å²) in [4.78, 5) is 0.254. The van der Waals surface area contributed by atoms with E-state index < -0.39 is 10.0 Å². The van der Waals surface area contributed by atoms with Gasteiger partial charge in [-0.05, 0) is 53.6 Å². The molecule has 4 rings (SSSR count). The van der Waals surface area contributed by atoms with E-state index in [0.717, 1.165) is 16.5 Å². The zero-order valence-electron chi connectivity index (χ0n) is 18.0. The molecule has 3 aromatic carbocycles. The zero-order chi connectivity index (χ0) is 22.7. The highest BCUT2D eigenvalue weighted by Gasteiger charge is 2.18. The van der Waals surface area contributed by atoms with Crippen LogP contribution < -0.4 is 14.2 Å². The fraction of sp³-hybridized carbons (Fsp3) is 0.120. The molecule has 0 saturated carbocycles.